The van der Waals surface area contributed by atoms with E-state index >= 15 is 0 Å². The number of benzene rings is 1. The number of imide groups is 1. The van der Waals surface area contributed by atoms with Crippen LogP contribution in [0.3, 0.4) is 0 Å². The van der Waals surface area contributed by atoms with E-state index < -0.39 is 28.3 Å². The number of anilines is 1. The number of hydrogen-bond donors (Lipinski definition) is 0. The molecular weight excluding hydrogens is 396 g/mol. The van der Waals surface area contributed by atoms with Gasteiger partial charge >= 0.3 is 12.2 Å². The molecule has 0 spiro atoms. The van der Waals surface area contributed by atoms with E-state index in [9.17, 15) is 19.7 Å². The van der Waals surface area contributed by atoms with Crippen LogP contribution in [0.25, 0.3) is 0 Å². The van der Waals surface area contributed by atoms with E-state index in [1.165, 1.54) is 12.1 Å². The maximum absolute atomic E-state index is 12.5. The fraction of sp³-hybridized carbons (Fsp3) is 0.500. The Morgan fingerprint density at radius 3 is 1.80 bits per heavy atom. The highest BCUT2D eigenvalue weighted by Crippen LogP contribution is 2.29. The largest absolute Gasteiger partial charge is 0.443 e. The number of rotatable bonds is 2. The van der Waals surface area contributed by atoms with Gasteiger partial charge in [-0.2, -0.15) is 4.90 Å². The van der Waals surface area contributed by atoms with E-state index in [2.05, 4.69) is 15.9 Å². The van der Waals surface area contributed by atoms with Crippen LogP contribution in [0.2, 0.25) is 0 Å². The Balaban J connectivity index is 3.38. The Hall–Kier alpha value is -2.16. The molecule has 0 aliphatic heterocycles. The number of hydrogen-bond acceptors (Lipinski definition) is 6. The van der Waals surface area contributed by atoms with Gasteiger partial charge in [-0.3, -0.25) is 10.1 Å². The van der Waals surface area contributed by atoms with Crippen molar-refractivity contribution in [2.24, 2.45) is 0 Å². The summed E-state index contributed by atoms with van der Waals surface area (Å²) in [7, 11) is 0. The molecule has 0 aromatic heterocycles. The highest BCUT2D eigenvalue weighted by Gasteiger charge is 2.33. The summed E-state index contributed by atoms with van der Waals surface area (Å²) in [6.45, 7) is 9.84. The lowest BCUT2D eigenvalue weighted by molar-refractivity contribution is -0.384. The van der Waals surface area contributed by atoms with Crippen molar-refractivity contribution < 1.29 is 24.0 Å². The fourth-order valence-corrected chi connectivity index (χ4v) is 2.16. The van der Waals surface area contributed by atoms with Gasteiger partial charge in [0.25, 0.3) is 5.69 Å². The first-order chi connectivity index (χ1) is 11.2. The van der Waals surface area contributed by atoms with Crippen molar-refractivity contribution in [3.05, 3.63) is 32.8 Å². The zero-order valence-corrected chi connectivity index (χ0v) is 16.5. The molecule has 8 nitrogen and oxygen atoms in total. The van der Waals surface area contributed by atoms with Crippen molar-refractivity contribution in [3.8, 4) is 0 Å². The maximum Gasteiger partial charge on any atom is 0.424 e. The lowest BCUT2D eigenvalue weighted by atomic mass is 10.2. The molecule has 9 heteroatoms. The fourth-order valence-electron chi connectivity index (χ4n) is 1.69. The maximum atomic E-state index is 12.5. The summed E-state index contributed by atoms with van der Waals surface area (Å²) in [5.41, 5.74) is -2.06. The third kappa shape index (κ3) is 6.69. The van der Waals surface area contributed by atoms with E-state index in [0.29, 0.717) is 9.37 Å². The van der Waals surface area contributed by atoms with Gasteiger partial charge in [0, 0.05) is 16.6 Å². The third-order valence-corrected chi connectivity index (χ3v) is 2.95. The SMILES string of the molecule is CC(C)(C)OC(=O)N(C(=O)OC(C)(C)C)c1cc(Br)cc([N+](=O)[O-])c1. The molecule has 2 amide bonds. The molecule has 0 aliphatic rings. The summed E-state index contributed by atoms with van der Waals surface area (Å²) >= 11 is 3.14. The van der Waals surface area contributed by atoms with Crippen LogP contribution in [-0.2, 0) is 9.47 Å². The van der Waals surface area contributed by atoms with E-state index in [4.69, 9.17) is 9.47 Å². The second kappa shape index (κ2) is 7.38. The Morgan fingerprint density at radius 1 is 1.00 bits per heavy atom. The lowest BCUT2D eigenvalue weighted by Gasteiger charge is -2.28. The average Bonchev–Trinajstić information content (AvgIpc) is 2.33. The number of non-ortho nitro benzene ring substituents is 1. The van der Waals surface area contributed by atoms with Gasteiger partial charge in [0.2, 0.25) is 0 Å². The van der Waals surface area contributed by atoms with Gasteiger partial charge in [-0.15, -0.1) is 0 Å². The smallest absolute Gasteiger partial charge is 0.424 e. The van der Waals surface area contributed by atoms with Gasteiger partial charge in [0.1, 0.15) is 11.2 Å². The van der Waals surface area contributed by atoms with E-state index in [-0.39, 0.29) is 11.4 Å². The second-order valence-corrected chi connectivity index (χ2v) is 8.14. The molecule has 138 valence electrons. The van der Waals surface area contributed by atoms with Crippen molar-refractivity contribution in [2.75, 3.05) is 4.90 Å². The highest BCUT2D eigenvalue weighted by molar-refractivity contribution is 9.10. The molecule has 0 bridgehead atoms. The number of nitro benzene ring substituents is 1. The van der Waals surface area contributed by atoms with Gasteiger partial charge < -0.3 is 9.47 Å². The molecule has 25 heavy (non-hydrogen) atoms. The number of carbonyl (C=O) groups is 2. The number of ether oxygens (including phenoxy) is 2. The molecule has 0 heterocycles. The van der Waals surface area contributed by atoms with Crippen LogP contribution in [0.15, 0.2) is 22.7 Å². The lowest BCUT2D eigenvalue weighted by Crippen LogP contribution is -2.43. The van der Waals surface area contributed by atoms with E-state index in [1.54, 1.807) is 41.5 Å². The van der Waals surface area contributed by atoms with Crippen LogP contribution in [0, 0.1) is 10.1 Å². The summed E-state index contributed by atoms with van der Waals surface area (Å²) in [5.74, 6) is 0. The van der Waals surface area contributed by atoms with Crippen LogP contribution in [-0.4, -0.2) is 28.3 Å². The van der Waals surface area contributed by atoms with E-state index in [0.717, 1.165) is 6.07 Å². The van der Waals surface area contributed by atoms with E-state index in [1.807, 2.05) is 0 Å². The van der Waals surface area contributed by atoms with Crippen LogP contribution >= 0.6 is 15.9 Å². The van der Waals surface area contributed by atoms with Crippen LogP contribution < -0.4 is 4.90 Å². The quantitative estimate of drug-likeness (QED) is 0.494. The van der Waals surface area contributed by atoms with Crippen LogP contribution in [0.5, 0.6) is 0 Å². The Bertz CT molecular complexity index is 663. The van der Waals surface area contributed by atoms with Gasteiger partial charge in [-0.1, -0.05) is 15.9 Å². The summed E-state index contributed by atoms with van der Waals surface area (Å²) in [4.78, 5) is 36.1. The van der Waals surface area contributed by atoms with Gasteiger partial charge in [-0.25, -0.2) is 9.59 Å². The first-order valence-corrected chi connectivity index (χ1v) is 8.20. The van der Waals surface area contributed by atoms with Gasteiger partial charge in [0.15, 0.2) is 0 Å². The molecule has 0 aliphatic carbocycles. The summed E-state index contributed by atoms with van der Waals surface area (Å²) in [6, 6.07) is 3.74. The highest BCUT2D eigenvalue weighted by atomic mass is 79.9. The minimum Gasteiger partial charge on any atom is -0.443 e. The van der Waals surface area contributed by atoms with Crippen molar-refractivity contribution in [3.63, 3.8) is 0 Å². The second-order valence-electron chi connectivity index (χ2n) is 7.22. The third-order valence-electron chi connectivity index (χ3n) is 2.49. The van der Waals surface area contributed by atoms with Crippen LogP contribution in [0.4, 0.5) is 21.0 Å². The molecule has 0 unspecified atom stereocenters. The molecule has 1 aromatic carbocycles. The predicted molar refractivity (Wildman–Crippen MR) is 95.7 cm³/mol. The molecule has 0 saturated carbocycles. The zero-order chi connectivity index (χ0) is 19.6. The summed E-state index contributed by atoms with van der Waals surface area (Å²) in [6.07, 6.45) is -1.98. The normalized spacial score (nSPS) is 11.6. The minimum absolute atomic E-state index is 0.0374. The zero-order valence-electron chi connectivity index (χ0n) is 15.0. The molecule has 0 N–H and O–H groups in total. The van der Waals surface area contributed by atoms with Crippen molar-refractivity contribution in [1.29, 1.82) is 0 Å². The van der Waals surface area contributed by atoms with Crippen molar-refractivity contribution >= 4 is 39.5 Å². The van der Waals surface area contributed by atoms with Gasteiger partial charge in [0.05, 0.1) is 10.6 Å². The molecule has 1 aromatic rings. The molecule has 0 radical (unpaired) electrons. The predicted octanol–water partition coefficient (Wildman–Crippen LogP) is 5.03. The monoisotopic (exact) mass is 416 g/mol. The Labute approximate surface area is 154 Å². The average molecular weight is 417 g/mol. The Morgan fingerprint density at radius 2 is 1.44 bits per heavy atom. The van der Waals surface area contributed by atoms with Crippen molar-refractivity contribution in [1.82, 2.24) is 0 Å². The first-order valence-electron chi connectivity index (χ1n) is 7.41. The molecule has 0 saturated heterocycles. The number of carbonyl (C=O) groups excluding carboxylic acids is 2. The van der Waals surface area contributed by atoms with Crippen LogP contribution in [0.1, 0.15) is 41.5 Å². The number of halogens is 1. The molecule has 0 atom stereocenters. The molecule has 1 rings (SSSR count). The number of nitro groups is 1. The Kier molecular flexibility index (Phi) is 6.17. The topological polar surface area (TPSA) is 99.0 Å². The first kappa shape index (κ1) is 20.9. The summed E-state index contributed by atoms with van der Waals surface area (Å²) < 4.78 is 10.8. The number of amides is 2. The molecule has 0 fully saturated rings. The van der Waals surface area contributed by atoms with Crippen molar-refractivity contribution in [2.45, 2.75) is 52.7 Å². The molecular formula is C16H21BrN2O6. The summed E-state index contributed by atoms with van der Waals surface area (Å²) in [5, 5.41) is 11.1. The minimum atomic E-state index is -0.992. The number of nitrogens with zero attached hydrogens (tertiary/aromatic N) is 2. The standard InChI is InChI=1S/C16H21BrN2O6/c1-15(2,3)24-13(20)18(14(21)25-16(4,5)6)11-7-10(17)8-12(9-11)19(22)23/h7-9H,1-6H3. The van der Waals surface area contributed by atoms with Gasteiger partial charge in [-0.05, 0) is 47.6 Å².